The van der Waals surface area contributed by atoms with Crippen molar-refractivity contribution in [3.8, 4) is 0 Å². The molecule has 0 heterocycles. The number of hydrogen-bond acceptors (Lipinski definition) is 3. The Hall–Kier alpha value is -1.40. The number of hydrogen-bond donors (Lipinski definition) is 1. The van der Waals surface area contributed by atoms with Crippen LogP contribution in [0.4, 0.5) is 0 Å². The Morgan fingerprint density at radius 1 is 1.07 bits per heavy atom. The molecule has 0 aliphatic rings. The van der Waals surface area contributed by atoms with Crippen LogP contribution in [0.25, 0.3) is 0 Å². The van der Waals surface area contributed by atoms with Crippen molar-refractivity contribution in [2.45, 2.75) is 37.8 Å². The minimum Gasteiger partial charge on any atom is -0.354 e. The normalized spacial score (nSPS) is 11.8. The Labute approximate surface area is 190 Å². The smallest absolute Gasteiger partial charge is 0.242 e. The molecule has 0 spiro atoms. The molecule has 2 amide bonds. The van der Waals surface area contributed by atoms with Gasteiger partial charge in [-0.15, -0.1) is 11.8 Å². The van der Waals surface area contributed by atoms with Gasteiger partial charge in [-0.25, -0.2) is 0 Å². The quantitative estimate of drug-likeness (QED) is 0.476. The van der Waals surface area contributed by atoms with Gasteiger partial charge in [0, 0.05) is 33.1 Å². The fraction of sp³-hybridized carbons (Fsp3) is 0.333. The molecule has 29 heavy (non-hydrogen) atoms. The van der Waals surface area contributed by atoms with Crippen molar-refractivity contribution in [2.75, 3.05) is 12.3 Å². The first-order valence-corrected chi connectivity index (χ1v) is 11.3. The molecule has 0 fully saturated rings. The molecule has 8 heteroatoms. The van der Waals surface area contributed by atoms with E-state index >= 15 is 0 Å². The summed E-state index contributed by atoms with van der Waals surface area (Å²) in [6.07, 6.45) is 0.821. The molecule has 0 unspecified atom stereocenters. The Bertz CT molecular complexity index is 846. The monoisotopic (exact) mass is 472 g/mol. The summed E-state index contributed by atoms with van der Waals surface area (Å²) in [5, 5.41) is 4.47. The van der Waals surface area contributed by atoms with Crippen LogP contribution in [0.5, 0.6) is 0 Å². The highest BCUT2D eigenvalue weighted by Gasteiger charge is 2.26. The summed E-state index contributed by atoms with van der Waals surface area (Å²) in [4.78, 5) is 28.0. The van der Waals surface area contributed by atoms with Crippen LogP contribution >= 0.6 is 46.6 Å². The van der Waals surface area contributed by atoms with Crippen LogP contribution in [-0.4, -0.2) is 35.1 Å². The maximum atomic E-state index is 13.0. The van der Waals surface area contributed by atoms with Crippen molar-refractivity contribution in [3.63, 3.8) is 0 Å². The van der Waals surface area contributed by atoms with Crippen molar-refractivity contribution < 1.29 is 9.59 Å². The lowest BCUT2D eigenvalue weighted by Crippen LogP contribution is -2.48. The molecule has 1 atom stereocenters. The fourth-order valence-electron chi connectivity index (χ4n) is 2.57. The number of halogens is 3. The number of nitrogens with zero attached hydrogens (tertiary/aromatic N) is 1. The minimum atomic E-state index is -0.633. The summed E-state index contributed by atoms with van der Waals surface area (Å²) in [7, 11) is 0. The number of carbonyl (C=O) groups excluding carboxylic acids is 2. The molecule has 0 aliphatic heterocycles. The molecule has 0 radical (unpaired) electrons. The first-order chi connectivity index (χ1) is 13.8. The predicted molar refractivity (Wildman–Crippen MR) is 122 cm³/mol. The van der Waals surface area contributed by atoms with Gasteiger partial charge in [0.1, 0.15) is 6.04 Å². The van der Waals surface area contributed by atoms with E-state index in [1.165, 1.54) is 11.8 Å². The van der Waals surface area contributed by atoms with Crippen molar-refractivity contribution in [3.05, 3.63) is 63.1 Å². The highest BCUT2D eigenvalue weighted by molar-refractivity contribution is 8.00. The van der Waals surface area contributed by atoms with Gasteiger partial charge in [-0.3, -0.25) is 9.59 Å². The van der Waals surface area contributed by atoms with Gasteiger partial charge in [0.2, 0.25) is 11.8 Å². The van der Waals surface area contributed by atoms with E-state index in [9.17, 15) is 9.59 Å². The Balaban J connectivity index is 2.16. The molecule has 4 nitrogen and oxygen atoms in total. The molecule has 2 aromatic carbocycles. The average Bonchev–Trinajstić information content (AvgIpc) is 2.70. The van der Waals surface area contributed by atoms with E-state index < -0.39 is 6.04 Å². The van der Waals surface area contributed by atoms with Gasteiger partial charge in [-0.05, 0) is 55.3 Å². The summed E-state index contributed by atoms with van der Waals surface area (Å²) in [5.74, 6) is -0.157. The van der Waals surface area contributed by atoms with Gasteiger partial charge in [-0.1, -0.05) is 47.8 Å². The molecular formula is C21H23Cl3N2O2S. The second kappa shape index (κ2) is 11.7. The van der Waals surface area contributed by atoms with E-state index in [0.717, 1.165) is 16.9 Å². The lowest BCUT2D eigenvalue weighted by molar-refractivity contribution is -0.138. The molecule has 0 aliphatic carbocycles. The number of amides is 2. The topological polar surface area (TPSA) is 49.4 Å². The van der Waals surface area contributed by atoms with Gasteiger partial charge in [0.25, 0.3) is 0 Å². The van der Waals surface area contributed by atoms with Crippen molar-refractivity contribution in [1.82, 2.24) is 10.2 Å². The van der Waals surface area contributed by atoms with Crippen molar-refractivity contribution in [2.24, 2.45) is 0 Å². The van der Waals surface area contributed by atoms with Gasteiger partial charge >= 0.3 is 0 Å². The second-order valence-corrected chi connectivity index (χ2v) is 8.80. The molecular weight excluding hydrogens is 451 g/mol. The zero-order valence-electron chi connectivity index (χ0n) is 16.3. The third-order valence-electron chi connectivity index (χ3n) is 4.25. The van der Waals surface area contributed by atoms with Crippen molar-refractivity contribution in [1.29, 1.82) is 0 Å². The first kappa shape index (κ1) is 23.9. The second-order valence-electron chi connectivity index (χ2n) is 6.47. The van der Waals surface area contributed by atoms with Crippen LogP contribution in [0.2, 0.25) is 15.1 Å². The van der Waals surface area contributed by atoms with Crippen LogP contribution in [0.3, 0.4) is 0 Å². The summed E-state index contributed by atoms with van der Waals surface area (Å²) in [5.41, 5.74) is 0.732. The van der Waals surface area contributed by atoms with Crippen LogP contribution in [0.15, 0.2) is 47.4 Å². The molecule has 156 valence electrons. The fourth-order valence-corrected chi connectivity index (χ4v) is 3.95. The number of thioether (sulfide) groups is 1. The van der Waals surface area contributed by atoms with E-state index in [4.69, 9.17) is 34.8 Å². The van der Waals surface area contributed by atoms with Crippen LogP contribution in [0.1, 0.15) is 25.8 Å². The average molecular weight is 474 g/mol. The summed E-state index contributed by atoms with van der Waals surface area (Å²) in [6.45, 7) is 4.48. The lowest BCUT2D eigenvalue weighted by atomic mass is 10.1. The van der Waals surface area contributed by atoms with Gasteiger partial charge in [0.05, 0.1) is 5.75 Å². The third-order valence-corrected chi connectivity index (χ3v) is 6.08. The molecule has 2 aromatic rings. The Morgan fingerprint density at radius 2 is 1.72 bits per heavy atom. The summed E-state index contributed by atoms with van der Waals surface area (Å²) in [6, 6.07) is 11.8. The third kappa shape index (κ3) is 7.41. The van der Waals surface area contributed by atoms with Gasteiger partial charge in [-0.2, -0.15) is 0 Å². The number of rotatable bonds is 9. The minimum absolute atomic E-state index is 0.157. The Kier molecular flexibility index (Phi) is 9.63. The van der Waals surface area contributed by atoms with Crippen molar-refractivity contribution >= 4 is 58.4 Å². The van der Waals surface area contributed by atoms with E-state index in [-0.39, 0.29) is 24.1 Å². The summed E-state index contributed by atoms with van der Waals surface area (Å²) < 4.78 is 0. The van der Waals surface area contributed by atoms with Crippen LogP contribution < -0.4 is 5.32 Å². The zero-order valence-corrected chi connectivity index (χ0v) is 19.3. The van der Waals surface area contributed by atoms with E-state index in [1.807, 2.05) is 19.1 Å². The van der Waals surface area contributed by atoms with E-state index in [2.05, 4.69) is 5.32 Å². The van der Waals surface area contributed by atoms with Crippen LogP contribution in [0, 0.1) is 0 Å². The number of benzene rings is 2. The maximum absolute atomic E-state index is 13.0. The first-order valence-electron chi connectivity index (χ1n) is 9.21. The maximum Gasteiger partial charge on any atom is 0.242 e. The number of nitrogens with one attached hydrogen (secondary N) is 1. The molecule has 1 N–H and O–H groups in total. The molecule has 0 saturated carbocycles. The standard InChI is InChI=1S/C21H23Cl3N2O2S/c1-3-10-25-21(28)14(2)26(12-15-4-5-17(23)11-19(15)24)20(27)13-29-18-8-6-16(22)7-9-18/h4-9,11,14H,3,10,12-13H2,1-2H3,(H,25,28)/t14-/m0/s1. The summed E-state index contributed by atoms with van der Waals surface area (Å²) >= 11 is 19.6. The molecule has 0 saturated heterocycles. The zero-order chi connectivity index (χ0) is 21.4. The van der Waals surface area contributed by atoms with Gasteiger partial charge in [0.15, 0.2) is 0 Å². The lowest BCUT2D eigenvalue weighted by Gasteiger charge is -2.29. The van der Waals surface area contributed by atoms with E-state index in [0.29, 0.717) is 21.6 Å². The van der Waals surface area contributed by atoms with E-state index in [1.54, 1.807) is 42.2 Å². The molecule has 0 aromatic heterocycles. The highest BCUT2D eigenvalue weighted by Crippen LogP contribution is 2.25. The highest BCUT2D eigenvalue weighted by atomic mass is 35.5. The largest absolute Gasteiger partial charge is 0.354 e. The number of carbonyl (C=O) groups is 2. The van der Waals surface area contributed by atoms with Gasteiger partial charge < -0.3 is 10.2 Å². The van der Waals surface area contributed by atoms with Crippen LogP contribution in [-0.2, 0) is 16.1 Å². The predicted octanol–water partition coefficient (Wildman–Crippen LogP) is 5.68. The SMILES string of the molecule is CCCNC(=O)[C@H](C)N(Cc1ccc(Cl)cc1Cl)C(=O)CSc1ccc(Cl)cc1. The molecule has 0 bridgehead atoms. The Morgan fingerprint density at radius 3 is 2.34 bits per heavy atom. The molecule has 2 rings (SSSR count).